The highest BCUT2D eigenvalue weighted by Crippen LogP contribution is 2.16. The Labute approximate surface area is 138 Å². The molecule has 2 aromatic rings. The number of rotatable bonds is 3. The number of nitrogens with zero attached hydrogens (tertiary/aromatic N) is 2. The van der Waals surface area contributed by atoms with Crippen LogP contribution in [0.25, 0.3) is 0 Å². The minimum absolute atomic E-state index is 0.0186. The highest BCUT2D eigenvalue weighted by molar-refractivity contribution is 6.34. The zero-order valence-corrected chi connectivity index (χ0v) is 13.7. The molecule has 2 amide bonds. The molecule has 120 valence electrons. The first kappa shape index (κ1) is 16.8. The van der Waals surface area contributed by atoms with Crippen LogP contribution in [0.15, 0.2) is 41.3 Å². The molecule has 0 saturated heterocycles. The Morgan fingerprint density at radius 3 is 2.48 bits per heavy atom. The predicted octanol–water partition coefficient (Wildman–Crippen LogP) is 1.99. The molecule has 6 nitrogen and oxygen atoms in total. The number of amides is 2. The summed E-state index contributed by atoms with van der Waals surface area (Å²) in [4.78, 5) is 37.9. The average Bonchev–Trinajstić information content (AvgIpc) is 2.51. The summed E-state index contributed by atoms with van der Waals surface area (Å²) >= 11 is 5.97. The first-order chi connectivity index (χ1) is 10.8. The number of nitrogens with one attached hydrogen (secondary N) is 1. The summed E-state index contributed by atoms with van der Waals surface area (Å²) in [5, 5.41) is 2.79. The molecule has 1 aromatic heterocycles. The van der Waals surface area contributed by atoms with E-state index in [0.717, 1.165) is 0 Å². The lowest BCUT2D eigenvalue weighted by Crippen LogP contribution is -2.28. The van der Waals surface area contributed by atoms with Gasteiger partial charge in [0.15, 0.2) is 0 Å². The number of pyridine rings is 1. The second-order valence-corrected chi connectivity index (χ2v) is 5.60. The molecule has 0 fully saturated rings. The van der Waals surface area contributed by atoms with Crippen LogP contribution in [0.3, 0.4) is 0 Å². The van der Waals surface area contributed by atoms with Crippen LogP contribution in [0.2, 0.25) is 5.02 Å². The molecule has 1 N–H and O–H groups in total. The Bertz CT molecular complexity index is 828. The van der Waals surface area contributed by atoms with Crippen molar-refractivity contribution in [1.82, 2.24) is 9.47 Å². The van der Waals surface area contributed by atoms with Gasteiger partial charge in [0.25, 0.3) is 17.4 Å². The molecule has 1 heterocycles. The van der Waals surface area contributed by atoms with Crippen LogP contribution >= 0.6 is 11.6 Å². The van der Waals surface area contributed by atoms with Crippen LogP contribution in [-0.4, -0.2) is 35.4 Å². The lowest BCUT2D eigenvalue weighted by molar-refractivity contribution is 0.0826. The van der Waals surface area contributed by atoms with E-state index in [-0.39, 0.29) is 22.2 Å². The maximum absolute atomic E-state index is 12.3. The summed E-state index contributed by atoms with van der Waals surface area (Å²) in [6.45, 7) is 0. The number of hydrogen-bond donors (Lipinski definition) is 1. The van der Waals surface area contributed by atoms with Crippen molar-refractivity contribution in [1.29, 1.82) is 0 Å². The monoisotopic (exact) mass is 333 g/mol. The van der Waals surface area contributed by atoms with Crippen molar-refractivity contribution >= 4 is 29.1 Å². The molecule has 1 aromatic carbocycles. The van der Waals surface area contributed by atoms with Gasteiger partial charge in [0.05, 0.1) is 16.1 Å². The Balaban J connectivity index is 2.40. The summed E-state index contributed by atoms with van der Waals surface area (Å²) in [6.07, 6.45) is 1.43. The van der Waals surface area contributed by atoms with Crippen LogP contribution in [0.5, 0.6) is 0 Å². The van der Waals surface area contributed by atoms with Crippen molar-refractivity contribution in [3.63, 3.8) is 0 Å². The van der Waals surface area contributed by atoms with Crippen molar-refractivity contribution in [2.45, 2.75) is 0 Å². The highest BCUT2D eigenvalue weighted by Gasteiger charge is 2.16. The Hall–Kier alpha value is -2.60. The summed E-state index contributed by atoms with van der Waals surface area (Å²) in [5.74, 6) is -0.781. The summed E-state index contributed by atoms with van der Waals surface area (Å²) < 4.78 is 1.25. The fraction of sp³-hybridized carbons (Fsp3) is 0.188. The average molecular weight is 334 g/mol. The van der Waals surface area contributed by atoms with Crippen molar-refractivity contribution in [3.05, 3.63) is 63.0 Å². The van der Waals surface area contributed by atoms with Gasteiger partial charge < -0.3 is 14.8 Å². The maximum atomic E-state index is 12.3. The Kier molecular flexibility index (Phi) is 4.86. The third-order valence-electron chi connectivity index (χ3n) is 3.20. The van der Waals surface area contributed by atoms with Gasteiger partial charge in [-0.1, -0.05) is 23.7 Å². The molecule has 0 spiro atoms. The zero-order chi connectivity index (χ0) is 17.1. The largest absolute Gasteiger partial charge is 0.345 e. The van der Waals surface area contributed by atoms with Crippen LogP contribution < -0.4 is 10.9 Å². The molecule has 0 unspecified atom stereocenters. The number of hydrogen-bond acceptors (Lipinski definition) is 3. The molecule has 0 saturated carbocycles. The normalized spacial score (nSPS) is 10.3. The smallest absolute Gasteiger partial charge is 0.274 e. The maximum Gasteiger partial charge on any atom is 0.274 e. The molecular weight excluding hydrogens is 318 g/mol. The molecular formula is C16H16ClN3O3. The lowest BCUT2D eigenvalue weighted by Gasteiger charge is -2.13. The van der Waals surface area contributed by atoms with E-state index in [1.165, 1.54) is 28.8 Å². The molecule has 0 aliphatic heterocycles. The summed E-state index contributed by atoms with van der Waals surface area (Å²) in [7, 11) is 4.73. The standard InChI is InChI=1S/C16H16ClN3O3/c1-19(2)15(22)10-8-13(16(23)20(3)9-10)18-14(21)11-6-4-5-7-12(11)17/h4-9H,1-3H3,(H,18,21). The van der Waals surface area contributed by atoms with E-state index in [9.17, 15) is 14.4 Å². The minimum atomic E-state index is -0.512. The van der Waals surface area contributed by atoms with Gasteiger partial charge in [0.1, 0.15) is 5.69 Å². The molecule has 23 heavy (non-hydrogen) atoms. The van der Waals surface area contributed by atoms with E-state index in [1.54, 1.807) is 38.4 Å². The van der Waals surface area contributed by atoms with E-state index in [2.05, 4.69) is 5.32 Å². The topological polar surface area (TPSA) is 71.4 Å². The van der Waals surface area contributed by atoms with Gasteiger partial charge >= 0.3 is 0 Å². The van der Waals surface area contributed by atoms with E-state index in [4.69, 9.17) is 11.6 Å². The third kappa shape index (κ3) is 3.60. The van der Waals surface area contributed by atoms with E-state index < -0.39 is 11.5 Å². The number of aromatic nitrogens is 1. The van der Waals surface area contributed by atoms with Gasteiger partial charge in [0.2, 0.25) is 0 Å². The van der Waals surface area contributed by atoms with Crippen molar-refractivity contribution in [3.8, 4) is 0 Å². The number of carbonyl (C=O) groups excluding carboxylic acids is 2. The second kappa shape index (κ2) is 6.66. The van der Waals surface area contributed by atoms with Crippen molar-refractivity contribution < 1.29 is 9.59 Å². The van der Waals surface area contributed by atoms with Crippen LogP contribution in [0.1, 0.15) is 20.7 Å². The zero-order valence-electron chi connectivity index (χ0n) is 13.0. The first-order valence-corrected chi connectivity index (χ1v) is 7.17. The molecule has 7 heteroatoms. The number of benzene rings is 1. The van der Waals surface area contributed by atoms with E-state index >= 15 is 0 Å². The second-order valence-electron chi connectivity index (χ2n) is 5.19. The minimum Gasteiger partial charge on any atom is -0.345 e. The van der Waals surface area contributed by atoms with Crippen molar-refractivity contribution in [2.24, 2.45) is 7.05 Å². The van der Waals surface area contributed by atoms with Gasteiger partial charge in [-0.15, -0.1) is 0 Å². The van der Waals surface area contributed by atoms with Crippen molar-refractivity contribution in [2.75, 3.05) is 19.4 Å². The lowest BCUT2D eigenvalue weighted by atomic mass is 10.2. The molecule has 0 bridgehead atoms. The summed E-state index contributed by atoms with van der Waals surface area (Å²) in [6, 6.07) is 7.87. The van der Waals surface area contributed by atoms with Crippen LogP contribution in [-0.2, 0) is 7.05 Å². The predicted molar refractivity (Wildman–Crippen MR) is 89.1 cm³/mol. The van der Waals surface area contributed by atoms with Crippen LogP contribution in [0.4, 0.5) is 5.69 Å². The van der Waals surface area contributed by atoms with E-state index in [0.29, 0.717) is 5.56 Å². The first-order valence-electron chi connectivity index (χ1n) is 6.79. The SMILES string of the molecule is CN(C)C(=O)c1cc(NC(=O)c2ccccc2Cl)c(=O)n(C)c1. The molecule has 0 aliphatic carbocycles. The number of halogens is 1. The quantitative estimate of drug-likeness (QED) is 0.933. The van der Waals surface area contributed by atoms with Gasteiger partial charge in [-0.3, -0.25) is 14.4 Å². The number of aryl methyl sites for hydroxylation is 1. The Morgan fingerprint density at radius 1 is 1.22 bits per heavy atom. The Morgan fingerprint density at radius 2 is 1.87 bits per heavy atom. The van der Waals surface area contributed by atoms with Gasteiger partial charge in [-0.05, 0) is 18.2 Å². The van der Waals surface area contributed by atoms with E-state index in [1.807, 2.05) is 0 Å². The molecule has 0 atom stereocenters. The highest BCUT2D eigenvalue weighted by atomic mass is 35.5. The summed E-state index contributed by atoms with van der Waals surface area (Å²) in [5.41, 5.74) is 0.151. The fourth-order valence-electron chi connectivity index (χ4n) is 2.01. The molecule has 2 rings (SSSR count). The van der Waals surface area contributed by atoms with Gasteiger partial charge in [-0.25, -0.2) is 0 Å². The number of carbonyl (C=O) groups is 2. The molecule has 0 aliphatic rings. The van der Waals surface area contributed by atoms with Crippen LogP contribution in [0, 0.1) is 0 Å². The molecule has 0 radical (unpaired) electrons. The van der Waals surface area contributed by atoms with Gasteiger partial charge in [0, 0.05) is 27.3 Å². The van der Waals surface area contributed by atoms with Gasteiger partial charge in [-0.2, -0.15) is 0 Å². The fourth-order valence-corrected chi connectivity index (χ4v) is 2.23. The third-order valence-corrected chi connectivity index (χ3v) is 3.53. The number of anilines is 1.